The van der Waals surface area contributed by atoms with E-state index in [0.29, 0.717) is 16.4 Å². The number of benzene rings is 2. The third kappa shape index (κ3) is 3.27. The van der Waals surface area contributed by atoms with E-state index in [1.54, 1.807) is 6.07 Å². The zero-order valence-corrected chi connectivity index (χ0v) is 13.6. The number of nitrogens with one attached hydrogen (secondary N) is 2. The Bertz CT molecular complexity index is 870. The minimum absolute atomic E-state index is 0.191. The summed E-state index contributed by atoms with van der Waals surface area (Å²) >= 11 is 6.07. The van der Waals surface area contributed by atoms with Gasteiger partial charge in [-0.3, -0.25) is 9.89 Å². The maximum absolute atomic E-state index is 12.4. The number of amides is 1. The van der Waals surface area contributed by atoms with E-state index in [4.69, 9.17) is 11.6 Å². The topological polar surface area (TPSA) is 57.8 Å². The van der Waals surface area contributed by atoms with Gasteiger partial charge < -0.3 is 5.32 Å². The van der Waals surface area contributed by atoms with Crippen molar-refractivity contribution in [2.24, 2.45) is 0 Å². The van der Waals surface area contributed by atoms with E-state index < -0.39 is 0 Å². The van der Waals surface area contributed by atoms with Crippen LogP contribution in [-0.4, -0.2) is 16.1 Å². The van der Waals surface area contributed by atoms with Crippen molar-refractivity contribution in [3.63, 3.8) is 0 Å². The number of H-pyrrole nitrogens is 1. The maximum Gasteiger partial charge on any atom is 0.256 e. The van der Waals surface area contributed by atoms with Crippen LogP contribution >= 0.6 is 11.6 Å². The van der Waals surface area contributed by atoms with Crippen molar-refractivity contribution in [1.82, 2.24) is 10.2 Å². The number of hydrogen-bond donors (Lipinski definition) is 2. The molecule has 0 spiro atoms. The number of nitrogens with zero attached hydrogens (tertiary/aromatic N) is 1. The van der Waals surface area contributed by atoms with Gasteiger partial charge in [-0.25, -0.2) is 0 Å². The van der Waals surface area contributed by atoms with Gasteiger partial charge in [0.2, 0.25) is 0 Å². The molecule has 116 valence electrons. The molecule has 1 heterocycles. The second-order valence-electron chi connectivity index (χ2n) is 5.41. The molecule has 1 amide bonds. The van der Waals surface area contributed by atoms with Crippen LogP contribution < -0.4 is 5.32 Å². The van der Waals surface area contributed by atoms with Crippen LogP contribution in [0.15, 0.2) is 48.5 Å². The number of anilines is 1. The van der Waals surface area contributed by atoms with Crippen LogP contribution in [0.1, 0.15) is 21.6 Å². The highest BCUT2D eigenvalue weighted by atomic mass is 35.5. The highest BCUT2D eigenvalue weighted by molar-refractivity contribution is 6.30. The summed E-state index contributed by atoms with van der Waals surface area (Å²) < 4.78 is 0. The molecule has 0 atom stereocenters. The predicted octanol–water partition coefficient (Wildman–Crippen LogP) is 4.60. The van der Waals surface area contributed by atoms with Gasteiger partial charge in [0.05, 0.1) is 0 Å². The number of hydrogen-bond acceptors (Lipinski definition) is 2. The minimum atomic E-state index is -0.191. The lowest BCUT2D eigenvalue weighted by Gasteiger charge is -2.07. The highest BCUT2D eigenvalue weighted by Gasteiger charge is 2.16. The van der Waals surface area contributed by atoms with Gasteiger partial charge in [-0.05, 0) is 43.7 Å². The quantitative estimate of drug-likeness (QED) is 0.739. The lowest BCUT2D eigenvalue weighted by atomic mass is 10.1. The molecule has 2 N–H and O–H groups in total. The van der Waals surface area contributed by atoms with Gasteiger partial charge in [0, 0.05) is 21.8 Å². The lowest BCUT2D eigenvalue weighted by Crippen LogP contribution is -2.13. The summed E-state index contributed by atoms with van der Waals surface area (Å²) in [5, 5.41) is 10.6. The fraction of sp³-hybridized carbons (Fsp3) is 0.111. The normalized spacial score (nSPS) is 10.6. The van der Waals surface area contributed by atoms with Gasteiger partial charge in [-0.2, -0.15) is 5.10 Å². The van der Waals surface area contributed by atoms with Gasteiger partial charge in [-0.15, -0.1) is 0 Å². The molecule has 4 nitrogen and oxygen atoms in total. The Labute approximate surface area is 139 Å². The molecule has 0 unspecified atom stereocenters. The number of rotatable bonds is 3. The van der Waals surface area contributed by atoms with Crippen LogP contribution in [-0.2, 0) is 0 Å². The molecule has 3 aromatic rings. The van der Waals surface area contributed by atoms with Crippen molar-refractivity contribution in [3.05, 3.63) is 70.4 Å². The smallest absolute Gasteiger partial charge is 0.256 e. The number of aromatic nitrogens is 2. The average Bonchev–Trinajstić information content (AvgIpc) is 2.88. The Morgan fingerprint density at radius 3 is 2.65 bits per heavy atom. The minimum Gasteiger partial charge on any atom is -0.305 e. The van der Waals surface area contributed by atoms with Gasteiger partial charge in [0.15, 0.2) is 5.82 Å². The van der Waals surface area contributed by atoms with Crippen molar-refractivity contribution in [2.45, 2.75) is 13.8 Å². The zero-order valence-electron chi connectivity index (χ0n) is 12.9. The second-order valence-corrected chi connectivity index (χ2v) is 5.84. The second kappa shape index (κ2) is 6.26. The first-order chi connectivity index (χ1) is 11.0. The van der Waals surface area contributed by atoms with Crippen molar-refractivity contribution in [2.75, 3.05) is 5.32 Å². The zero-order chi connectivity index (χ0) is 16.4. The van der Waals surface area contributed by atoms with Crippen molar-refractivity contribution in [1.29, 1.82) is 0 Å². The van der Waals surface area contributed by atoms with Gasteiger partial charge in [0.25, 0.3) is 5.91 Å². The lowest BCUT2D eigenvalue weighted by molar-refractivity contribution is 0.102. The molecule has 0 aliphatic heterocycles. The van der Waals surface area contributed by atoms with E-state index in [2.05, 4.69) is 15.5 Å². The van der Waals surface area contributed by atoms with Gasteiger partial charge in [0.1, 0.15) is 0 Å². The van der Waals surface area contributed by atoms with E-state index in [0.717, 1.165) is 22.4 Å². The molecule has 1 aromatic heterocycles. The SMILES string of the molecule is Cc1cccc(C(=O)Nc2n[nH]c(C)c2-c2cccc(Cl)c2)c1. The monoisotopic (exact) mass is 325 g/mol. The summed E-state index contributed by atoms with van der Waals surface area (Å²) in [6, 6.07) is 14.9. The number of carbonyl (C=O) groups excluding carboxylic acids is 1. The van der Waals surface area contributed by atoms with E-state index >= 15 is 0 Å². The van der Waals surface area contributed by atoms with Crippen molar-refractivity contribution < 1.29 is 4.79 Å². The molecule has 0 bridgehead atoms. The summed E-state index contributed by atoms with van der Waals surface area (Å²) in [6.07, 6.45) is 0. The van der Waals surface area contributed by atoms with Crippen LogP contribution in [0.4, 0.5) is 5.82 Å². The fourth-order valence-corrected chi connectivity index (χ4v) is 2.67. The summed E-state index contributed by atoms with van der Waals surface area (Å²) in [7, 11) is 0. The Hall–Kier alpha value is -2.59. The number of aryl methyl sites for hydroxylation is 2. The molecule has 0 radical (unpaired) electrons. The standard InChI is InChI=1S/C18H16ClN3O/c1-11-5-3-7-14(9-11)18(23)20-17-16(12(2)21-22-17)13-6-4-8-15(19)10-13/h3-10H,1-2H3,(H2,20,21,22,23). The largest absolute Gasteiger partial charge is 0.305 e. The molecule has 3 rings (SSSR count). The predicted molar refractivity (Wildman–Crippen MR) is 92.9 cm³/mol. The molecule has 0 fully saturated rings. The number of halogens is 1. The third-order valence-electron chi connectivity index (χ3n) is 3.57. The Morgan fingerprint density at radius 1 is 1.13 bits per heavy atom. The van der Waals surface area contributed by atoms with E-state index in [1.165, 1.54) is 0 Å². The first kappa shape index (κ1) is 15.3. The molecule has 0 saturated heterocycles. The highest BCUT2D eigenvalue weighted by Crippen LogP contribution is 2.31. The van der Waals surface area contributed by atoms with E-state index in [1.807, 2.05) is 56.3 Å². The van der Waals surface area contributed by atoms with Crippen LogP contribution in [0.2, 0.25) is 5.02 Å². The first-order valence-corrected chi connectivity index (χ1v) is 7.61. The third-order valence-corrected chi connectivity index (χ3v) is 3.81. The van der Waals surface area contributed by atoms with Gasteiger partial charge >= 0.3 is 0 Å². The average molecular weight is 326 g/mol. The van der Waals surface area contributed by atoms with E-state index in [-0.39, 0.29) is 5.91 Å². The summed E-state index contributed by atoms with van der Waals surface area (Å²) in [6.45, 7) is 3.86. The van der Waals surface area contributed by atoms with Gasteiger partial charge in [-0.1, -0.05) is 41.4 Å². The summed E-state index contributed by atoms with van der Waals surface area (Å²) in [5.74, 6) is 0.305. The molecule has 0 saturated carbocycles. The van der Waals surface area contributed by atoms with Crippen LogP contribution in [0, 0.1) is 13.8 Å². The summed E-state index contributed by atoms with van der Waals surface area (Å²) in [5.41, 5.74) is 4.25. The molecular formula is C18H16ClN3O. The Kier molecular flexibility index (Phi) is 4.17. The van der Waals surface area contributed by atoms with E-state index in [9.17, 15) is 4.79 Å². The van der Waals surface area contributed by atoms with Crippen molar-refractivity contribution >= 4 is 23.3 Å². The molecule has 2 aromatic carbocycles. The first-order valence-electron chi connectivity index (χ1n) is 7.23. The Morgan fingerprint density at radius 2 is 1.91 bits per heavy atom. The fourth-order valence-electron chi connectivity index (χ4n) is 2.48. The van der Waals surface area contributed by atoms with Crippen molar-refractivity contribution in [3.8, 4) is 11.1 Å². The number of carbonyl (C=O) groups is 1. The molecule has 0 aliphatic carbocycles. The molecule has 23 heavy (non-hydrogen) atoms. The van der Waals surface area contributed by atoms with Crippen LogP contribution in [0.25, 0.3) is 11.1 Å². The molecule has 5 heteroatoms. The Balaban J connectivity index is 1.94. The molecular weight excluding hydrogens is 310 g/mol. The number of aromatic amines is 1. The summed E-state index contributed by atoms with van der Waals surface area (Å²) in [4.78, 5) is 12.4. The van der Waals surface area contributed by atoms with Crippen LogP contribution in [0.5, 0.6) is 0 Å². The van der Waals surface area contributed by atoms with Crippen LogP contribution in [0.3, 0.4) is 0 Å². The molecule has 0 aliphatic rings. The maximum atomic E-state index is 12.4.